The van der Waals surface area contributed by atoms with Gasteiger partial charge in [0.05, 0.1) is 21.5 Å². The molecule has 1 heterocycles. The molecule has 0 spiro atoms. The minimum Gasteiger partial charge on any atom is -0.436 e. The number of nitrogens with one attached hydrogen (secondary N) is 1. The van der Waals surface area contributed by atoms with Gasteiger partial charge < -0.3 is 4.42 Å². The van der Waals surface area contributed by atoms with Gasteiger partial charge >= 0.3 is 0 Å². The fourth-order valence-electron chi connectivity index (χ4n) is 2.83. The number of fused-ring (bicyclic) bond motifs is 1. The number of nitrogens with zero attached hydrogens (tertiary/aromatic N) is 3. The van der Waals surface area contributed by atoms with Crippen molar-refractivity contribution in [3.8, 4) is 17.5 Å². The average Bonchev–Trinajstić information content (AvgIpc) is 3.18. The van der Waals surface area contributed by atoms with Gasteiger partial charge in [-0.1, -0.05) is 12.1 Å². The van der Waals surface area contributed by atoms with E-state index in [0.29, 0.717) is 16.8 Å². The van der Waals surface area contributed by atoms with Crippen molar-refractivity contribution in [1.29, 1.82) is 5.26 Å². The Labute approximate surface area is 170 Å². The number of hydrogen-bond donors (Lipinski definition) is 1. The molecule has 148 valence electrons. The van der Waals surface area contributed by atoms with Crippen molar-refractivity contribution in [2.45, 2.75) is 4.90 Å². The number of nitro benzene ring substituents is 1. The van der Waals surface area contributed by atoms with E-state index in [1.807, 2.05) is 6.07 Å². The summed E-state index contributed by atoms with van der Waals surface area (Å²) in [6, 6.07) is 18.2. The van der Waals surface area contributed by atoms with E-state index in [4.69, 9.17) is 9.68 Å². The SMILES string of the molecule is N#Cc1ccc(NS(=O)(=O)c2cccc(-c3nc4c([N+](=O)[O-])cccc4o3)c2)cc1. The molecule has 4 rings (SSSR count). The number of para-hydroxylation sites is 1. The molecule has 9 nitrogen and oxygen atoms in total. The quantitative estimate of drug-likeness (QED) is 0.379. The number of aromatic nitrogens is 1. The highest BCUT2D eigenvalue weighted by molar-refractivity contribution is 7.92. The summed E-state index contributed by atoms with van der Waals surface area (Å²) < 4.78 is 33.5. The summed E-state index contributed by atoms with van der Waals surface area (Å²) in [7, 11) is -3.93. The Bertz CT molecular complexity index is 1420. The Morgan fingerprint density at radius 3 is 2.50 bits per heavy atom. The lowest BCUT2D eigenvalue weighted by Gasteiger charge is -2.08. The largest absolute Gasteiger partial charge is 0.436 e. The van der Waals surface area contributed by atoms with E-state index in [2.05, 4.69) is 9.71 Å². The molecule has 0 amide bonds. The van der Waals surface area contributed by atoms with Gasteiger partial charge in [0.25, 0.3) is 15.7 Å². The van der Waals surface area contributed by atoms with E-state index in [1.54, 1.807) is 12.1 Å². The molecule has 0 aliphatic heterocycles. The summed E-state index contributed by atoms with van der Waals surface area (Å²) in [4.78, 5) is 14.8. The molecule has 0 radical (unpaired) electrons. The Balaban J connectivity index is 1.70. The van der Waals surface area contributed by atoms with E-state index in [0.717, 1.165) is 0 Å². The summed E-state index contributed by atoms with van der Waals surface area (Å²) >= 11 is 0. The Kier molecular flexibility index (Phi) is 4.65. The number of oxazole rings is 1. The van der Waals surface area contributed by atoms with Gasteiger partial charge in [0.15, 0.2) is 11.1 Å². The number of anilines is 1. The van der Waals surface area contributed by atoms with E-state index in [9.17, 15) is 18.5 Å². The first kappa shape index (κ1) is 19.1. The van der Waals surface area contributed by atoms with Crippen LogP contribution in [0.15, 0.2) is 76.0 Å². The van der Waals surface area contributed by atoms with Crippen LogP contribution in [0.25, 0.3) is 22.6 Å². The van der Waals surface area contributed by atoms with Crippen LogP contribution in [0.5, 0.6) is 0 Å². The summed E-state index contributed by atoms with van der Waals surface area (Å²) in [6.45, 7) is 0. The van der Waals surface area contributed by atoms with Crippen LogP contribution >= 0.6 is 0 Å². The third kappa shape index (κ3) is 3.57. The van der Waals surface area contributed by atoms with Gasteiger partial charge in [0.2, 0.25) is 5.89 Å². The third-order valence-electron chi connectivity index (χ3n) is 4.25. The van der Waals surface area contributed by atoms with E-state index < -0.39 is 14.9 Å². The van der Waals surface area contributed by atoms with Crippen LogP contribution < -0.4 is 4.72 Å². The number of nitro groups is 1. The van der Waals surface area contributed by atoms with Gasteiger partial charge in [0, 0.05) is 17.3 Å². The standard InChI is InChI=1S/C20H12N4O5S/c21-12-13-7-9-15(10-8-13)23-30(27,28)16-4-1-3-14(11-16)20-22-19-17(24(25)26)5-2-6-18(19)29-20/h1-11,23H. The minimum absolute atomic E-state index is 0.0406. The lowest BCUT2D eigenvalue weighted by Crippen LogP contribution is -2.12. The Morgan fingerprint density at radius 1 is 1.07 bits per heavy atom. The van der Waals surface area contributed by atoms with Crippen molar-refractivity contribution < 1.29 is 17.8 Å². The van der Waals surface area contributed by atoms with Crippen molar-refractivity contribution >= 4 is 32.5 Å². The van der Waals surface area contributed by atoms with Crippen LogP contribution in [-0.4, -0.2) is 18.3 Å². The Morgan fingerprint density at radius 2 is 1.80 bits per heavy atom. The normalized spacial score (nSPS) is 11.2. The summed E-state index contributed by atoms with van der Waals surface area (Å²) in [5.41, 5.74) is 1.17. The molecule has 1 aromatic heterocycles. The Hall–Kier alpha value is -4.23. The van der Waals surface area contributed by atoms with E-state index in [-0.39, 0.29) is 27.6 Å². The third-order valence-corrected chi connectivity index (χ3v) is 5.63. The molecule has 0 unspecified atom stereocenters. The molecule has 30 heavy (non-hydrogen) atoms. The van der Waals surface area contributed by atoms with Gasteiger partial charge in [-0.25, -0.2) is 13.4 Å². The monoisotopic (exact) mass is 420 g/mol. The summed E-state index contributed by atoms with van der Waals surface area (Å²) in [5.74, 6) is 0.0646. The molecule has 10 heteroatoms. The fourth-order valence-corrected chi connectivity index (χ4v) is 3.93. The molecule has 0 aliphatic rings. The highest BCUT2D eigenvalue weighted by atomic mass is 32.2. The lowest BCUT2D eigenvalue weighted by molar-refractivity contribution is -0.383. The second-order valence-corrected chi connectivity index (χ2v) is 7.90. The number of hydrogen-bond acceptors (Lipinski definition) is 7. The maximum absolute atomic E-state index is 12.7. The zero-order valence-electron chi connectivity index (χ0n) is 15.1. The molecular weight excluding hydrogens is 408 g/mol. The summed E-state index contributed by atoms with van der Waals surface area (Å²) in [6.07, 6.45) is 0. The van der Waals surface area contributed by atoms with Gasteiger partial charge in [-0.05, 0) is 48.5 Å². The molecule has 0 aliphatic carbocycles. The molecule has 1 N–H and O–H groups in total. The predicted molar refractivity (Wildman–Crippen MR) is 108 cm³/mol. The number of benzene rings is 3. The molecule has 0 saturated heterocycles. The molecule has 0 fully saturated rings. The predicted octanol–water partition coefficient (Wildman–Crippen LogP) is 4.08. The second kappa shape index (κ2) is 7.31. The maximum Gasteiger partial charge on any atom is 0.298 e. The van der Waals surface area contributed by atoms with Crippen LogP contribution in [0.1, 0.15) is 5.56 Å². The van der Waals surface area contributed by atoms with E-state index in [1.165, 1.54) is 54.6 Å². The fraction of sp³-hybridized carbons (Fsp3) is 0. The molecule has 3 aromatic carbocycles. The number of sulfonamides is 1. The van der Waals surface area contributed by atoms with Gasteiger partial charge in [0.1, 0.15) is 0 Å². The maximum atomic E-state index is 12.7. The first-order chi connectivity index (χ1) is 14.4. The highest BCUT2D eigenvalue weighted by Crippen LogP contribution is 2.31. The molecule has 0 saturated carbocycles. The van der Waals surface area contributed by atoms with Crippen LogP contribution in [0, 0.1) is 21.4 Å². The zero-order chi connectivity index (χ0) is 21.3. The van der Waals surface area contributed by atoms with Crippen molar-refractivity contribution in [3.05, 3.63) is 82.4 Å². The van der Waals surface area contributed by atoms with Crippen LogP contribution in [0.4, 0.5) is 11.4 Å². The van der Waals surface area contributed by atoms with E-state index >= 15 is 0 Å². The zero-order valence-corrected chi connectivity index (χ0v) is 16.0. The van der Waals surface area contributed by atoms with Crippen molar-refractivity contribution in [1.82, 2.24) is 4.98 Å². The highest BCUT2D eigenvalue weighted by Gasteiger charge is 2.20. The van der Waals surface area contributed by atoms with Crippen LogP contribution in [0.3, 0.4) is 0 Å². The van der Waals surface area contributed by atoms with Crippen molar-refractivity contribution in [3.63, 3.8) is 0 Å². The first-order valence-corrected chi connectivity index (χ1v) is 10.0. The molecule has 4 aromatic rings. The lowest BCUT2D eigenvalue weighted by atomic mass is 10.2. The topological polar surface area (TPSA) is 139 Å². The smallest absolute Gasteiger partial charge is 0.298 e. The van der Waals surface area contributed by atoms with Crippen LogP contribution in [-0.2, 0) is 10.0 Å². The number of rotatable bonds is 5. The summed E-state index contributed by atoms with van der Waals surface area (Å²) in [5, 5.41) is 20.0. The molecule has 0 atom stereocenters. The molecular formula is C20H12N4O5S. The number of nitriles is 1. The van der Waals surface area contributed by atoms with Gasteiger partial charge in [-0.2, -0.15) is 5.26 Å². The van der Waals surface area contributed by atoms with Crippen molar-refractivity contribution in [2.24, 2.45) is 0 Å². The first-order valence-electron chi connectivity index (χ1n) is 8.55. The van der Waals surface area contributed by atoms with Gasteiger partial charge in [-0.15, -0.1) is 0 Å². The minimum atomic E-state index is -3.93. The molecule has 0 bridgehead atoms. The van der Waals surface area contributed by atoms with Crippen LogP contribution in [0.2, 0.25) is 0 Å². The average molecular weight is 420 g/mol. The number of non-ortho nitro benzene ring substituents is 1. The van der Waals surface area contributed by atoms with Crippen molar-refractivity contribution in [2.75, 3.05) is 4.72 Å². The second-order valence-electron chi connectivity index (χ2n) is 6.22. The van der Waals surface area contributed by atoms with Gasteiger partial charge in [-0.3, -0.25) is 14.8 Å².